The fraction of sp³-hybridized carbons (Fsp3) is 0.407. The maximum Gasteiger partial charge on any atom is 0.341 e. The SMILES string of the molecule is C=CCN1C(=O)[C@@]2(C(C(=O)OCCCC)=C(N)OC(CC(=O)OCC)=C2C(=O)OCC)c2ccccc21. The van der Waals surface area contributed by atoms with E-state index in [1.807, 2.05) is 6.92 Å². The summed E-state index contributed by atoms with van der Waals surface area (Å²) in [6.07, 6.45) is 2.34. The van der Waals surface area contributed by atoms with Gasteiger partial charge in [-0.15, -0.1) is 6.58 Å². The number of fused-ring (bicyclic) bond motifs is 2. The molecule has 2 aliphatic heterocycles. The van der Waals surface area contributed by atoms with Crippen LogP contribution in [0, 0.1) is 0 Å². The van der Waals surface area contributed by atoms with E-state index in [4.69, 9.17) is 24.7 Å². The second kappa shape index (κ2) is 11.8. The number of ether oxygens (including phenoxy) is 4. The number of anilines is 1. The number of nitrogens with two attached hydrogens (primary N) is 1. The second-order valence-corrected chi connectivity index (χ2v) is 8.30. The third-order valence-electron chi connectivity index (χ3n) is 6.01. The van der Waals surface area contributed by atoms with Gasteiger partial charge in [-0.05, 0) is 26.3 Å². The zero-order valence-electron chi connectivity index (χ0n) is 21.3. The summed E-state index contributed by atoms with van der Waals surface area (Å²) >= 11 is 0. The normalized spacial score (nSPS) is 18.5. The molecule has 10 heteroatoms. The summed E-state index contributed by atoms with van der Waals surface area (Å²) in [5, 5.41) is 0. The number of para-hydroxylation sites is 1. The van der Waals surface area contributed by atoms with Crippen LogP contribution in [-0.2, 0) is 43.5 Å². The van der Waals surface area contributed by atoms with Crippen molar-refractivity contribution in [3.63, 3.8) is 0 Å². The van der Waals surface area contributed by atoms with Gasteiger partial charge in [0.15, 0.2) is 0 Å². The monoisotopic (exact) mass is 512 g/mol. The average molecular weight is 513 g/mol. The van der Waals surface area contributed by atoms with Crippen LogP contribution in [0.3, 0.4) is 0 Å². The third-order valence-corrected chi connectivity index (χ3v) is 6.01. The number of benzene rings is 1. The van der Waals surface area contributed by atoms with Crippen LogP contribution in [0.5, 0.6) is 0 Å². The van der Waals surface area contributed by atoms with E-state index in [1.54, 1.807) is 38.1 Å². The molecule has 1 amide bonds. The number of esters is 3. The van der Waals surface area contributed by atoms with Crippen LogP contribution in [0.2, 0.25) is 0 Å². The molecular formula is C27H32N2O8. The zero-order valence-corrected chi connectivity index (χ0v) is 21.3. The van der Waals surface area contributed by atoms with Crippen LogP contribution in [0.15, 0.2) is 59.7 Å². The Bertz CT molecular complexity index is 1170. The summed E-state index contributed by atoms with van der Waals surface area (Å²) in [6.45, 7) is 9.09. The molecule has 0 aliphatic carbocycles. The summed E-state index contributed by atoms with van der Waals surface area (Å²) in [4.78, 5) is 55.3. The van der Waals surface area contributed by atoms with Crippen molar-refractivity contribution in [3.05, 3.63) is 65.3 Å². The summed E-state index contributed by atoms with van der Waals surface area (Å²) in [7, 11) is 0. The number of hydrogen-bond acceptors (Lipinski definition) is 9. The Morgan fingerprint density at radius 1 is 1.05 bits per heavy atom. The number of nitrogens with zero attached hydrogens (tertiary/aromatic N) is 1. The molecule has 1 atom stereocenters. The first-order chi connectivity index (χ1) is 17.8. The van der Waals surface area contributed by atoms with Crippen molar-refractivity contribution >= 4 is 29.5 Å². The summed E-state index contributed by atoms with van der Waals surface area (Å²) < 4.78 is 21.6. The topological polar surface area (TPSA) is 134 Å². The third kappa shape index (κ3) is 4.83. The molecule has 1 aromatic carbocycles. The van der Waals surface area contributed by atoms with Gasteiger partial charge in [0, 0.05) is 17.8 Å². The molecule has 1 aromatic rings. The first kappa shape index (κ1) is 27.5. The minimum atomic E-state index is -2.07. The maximum atomic E-state index is 14.4. The highest BCUT2D eigenvalue weighted by Crippen LogP contribution is 2.55. The molecule has 0 fully saturated rings. The first-order valence-corrected chi connectivity index (χ1v) is 12.2. The highest BCUT2D eigenvalue weighted by atomic mass is 16.6. The Kier molecular flexibility index (Phi) is 8.75. The van der Waals surface area contributed by atoms with Gasteiger partial charge in [0.05, 0.1) is 19.8 Å². The van der Waals surface area contributed by atoms with Crippen LogP contribution < -0.4 is 10.6 Å². The van der Waals surface area contributed by atoms with Crippen molar-refractivity contribution in [2.75, 3.05) is 31.3 Å². The van der Waals surface area contributed by atoms with Crippen molar-refractivity contribution < 1.29 is 38.1 Å². The van der Waals surface area contributed by atoms with Gasteiger partial charge >= 0.3 is 17.9 Å². The molecule has 0 bridgehead atoms. The van der Waals surface area contributed by atoms with Gasteiger partial charge in [-0.3, -0.25) is 9.59 Å². The van der Waals surface area contributed by atoms with E-state index in [0.717, 1.165) is 6.42 Å². The minimum Gasteiger partial charge on any atom is -0.466 e. The number of hydrogen-bond donors (Lipinski definition) is 1. The summed E-state index contributed by atoms with van der Waals surface area (Å²) in [5.41, 5.74) is 4.30. The Morgan fingerprint density at radius 3 is 2.38 bits per heavy atom. The van der Waals surface area contributed by atoms with E-state index in [0.29, 0.717) is 17.7 Å². The van der Waals surface area contributed by atoms with E-state index < -0.39 is 41.5 Å². The van der Waals surface area contributed by atoms with E-state index >= 15 is 0 Å². The lowest BCUT2D eigenvalue weighted by Gasteiger charge is -2.36. The standard InChI is InChI=1S/C27H32N2O8/c1-5-9-15-36-25(32)22-23(28)37-19(16-20(30)34-7-3)21(24(31)35-8-4)27(22)17-12-10-11-13-18(17)29(14-6-2)26(27)33/h6,10-13H,2,5,7-9,14-16,28H2,1,3-4H3/t27-/m0/s1. The largest absolute Gasteiger partial charge is 0.466 e. The van der Waals surface area contributed by atoms with Crippen molar-refractivity contribution in [1.82, 2.24) is 0 Å². The van der Waals surface area contributed by atoms with Crippen LogP contribution in [0.25, 0.3) is 0 Å². The van der Waals surface area contributed by atoms with Gasteiger partial charge in [0.2, 0.25) is 11.8 Å². The predicted molar refractivity (Wildman–Crippen MR) is 134 cm³/mol. The fourth-order valence-corrected chi connectivity index (χ4v) is 4.57. The molecule has 0 saturated carbocycles. The predicted octanol–water partition coefficient (Wildman–Crippen LogP) is 2.77. The molecule has 0 radical (unpaired) electrons. The zero-order chi connectivity index (χ0) is 27.2. The lowest BCUT2D eigenvalue weighted by molar-refractivity contribution is -0.144. The molecule has 2 heterocycles. The van der Waals surface area contributed by atoms with E-state index in [2.05, 4.69) is 6.58 Å². The molecular weight excluding hydrogens is 480 g/mol. The van der Waals surface area contributed by atoms with Gasteiger partial charge in [0.1, 0.15) is 28.7 Å². The molecule has 0 unspecified atom stereocenters. The number of carbonyl (C=O) groups is 4. The van der Waals surface area contributed by atoms with Crippen molar-refractivity contribution in [2.24, 2.45) is 5.73 Å². The van der Waals surface area contributed by atoms with Gasteiger partial charge in [-0.1, -0.05) is 37.6 Å². The van der Waals surface area contributed by atoms with Crippen LogP contribution in [0.1, 0.15) is 45.6 Å². The van der Waals surface area contributed by atoms with Gasteiger partial charge in [0.25, 0.3) is 0 Å². The number of rotatable bonds is 11. The smallest absolute Gasteiger partial charge is 0.341 e. The average Bonchev–Trinajstić information content (AvgIpc) is 3.08. The van der Waals surface area contributed by atoms with E-state index in [9.17, 15) is 19.2 Å². The van der Waals surface area contributed by atoms with Crippen LogP contribution >= 0.6 is 0 Å². The van der Waals surface area contributed by atoms with Gasteiger partial charge in [-0.2, -0.15) is 0 Å². The molecule has 2 aliphatic rings. The van der Waals surface area contributed by atoms with Crippen molar-refractivity contribution in [3.8, 4) is 0 Å². The summed E-state index contributed by atoms with van der Waals surface area (Å²) in [5.74, 6) is -3.88. The van der Waals surface area contributed by atoms with Crippen LogP contribution in [0.4, 0.5) is 5.69 Å². The Balaban J connectivity index is 2.38. The Morgan fingerprint density at radius 2 is 1.73 bits per heavy atom. The molecule has 1 spiro atoms. The van der Waals surface area contributed by atoms with E-state index in [1.165, 1.54) is 11.0 Å². The Labute approximate surface area is 215 Å². The first-order valence-electron chi connectivity index (χ1n) is 12.2. The van der Waals surface area contributed by atoms with Crippen LogP contribution in [-0.4, -0.2) is 50.2 Å². The fourth-order valence-electron chi connectivity index (χ4n) is 4.57. The lowest BCUT2D eigenvalue weighted by Crippen LogP contribution is -2.51. The molecule has 198 valence electrons. The molecule has 3 rings (SSSR count). The summed E-state index contributed by atoms with van der Waals surface area (Å²) in [6, 6.07) is 6.70. The maximum absolute atomic E-state index is 14.4. The molecule has 2 N–H and O–H groups in total. The number of carbonyl (C=O) groups excluding carboxylic acids is 4. The number of unbranched alkanes of at least 4 members (excludes halogenated alkanes) is 1. The second-order valence-electron chi connectivity index (χ2n) is 8.30. The molecule has 10 nitrogen and oxygen atoms in total. The number of amides is 1. The van der Waals surface area contributed by atoms with Crippen molar-refractivity contribution in [1.29, 1.82) is 0 Å². The highest BCUT2D eigenvalue weighted by molar-refractivity contribution is 6.22. The molecule has 0 aromatic heterocycles. The Hall–Kier alpha value is -4.08. The molecule has 0 saturated heterocycles. The minimum absolute atomic E-state index is 0.0349. The van der Waals surface area contributed by atoms with E-state index in [-0.39, 0.29) is 43.3 Å². The quantitative estimate of drug-likeness (QED) is 0.205. The molecule has 37 heavy (non-hydrogen) atoms. The van der Waals surface area contributed by atoms with Gasteiger partial charge in [-0.25, -0.2) is 9.59 Å². The lowest BCUT2D eigenvalue weighted by atomic mass is 9.67. The van der Waals surface area contributed by atoms with Crippen molar-refractivity contribution in [2.45, 2.75) is 45.4 Å². The van der Waals surface area contributed by atoms with Gasteiger partial charge < -0.3 is 29.6 Å². The highest BCUT2D eigenvalue weighted by Gasteiger charge is 2.64.